The third kappa shape index (κ3) is 14.2. The number of methoxy groups -OCH3 is 1. The van der Waals surface area contributed by atoms with E-state index in [1.165, 1.54) is 12.0 Å². The molecule has 4 N–H and O–H groups in total. The highest BCUT2D eigenvalue weighted by Crippen LogP contribution is 2.41. The van der Waals surface area contributed by atoms with E-state index in [4.69, 9.17) is 14.2 Å². The first-order valence-electron chi connectivity index (χ1n) is 25.2. The Morgan fingerprint density at radius 3 is 2.35 bits per heavy atom. The Labute approximate surface area is 407 Å². The summed E-state index contributed by atoms with van der Waals surface area (Å²) in [5, 5.41) is 55.9. The van der Waals surface area contributed by atoms with E-state index in [1.807, 2.05) is 51.2 Å². The van der Waals surface area contributed by atoms with Gasteiger partial charge < -0.3 is 39.5 Å². The fourth-order valence-electron chi connectivity index (χ4n) is 10.9. The van der Waals surface area contributed by atoms with E-state index in [1.54, 1.807) is 44.8 Å². The molecule has 1 aliphatic carbocycles. The maximum Gasteiger partial charge on any atom is 0.329 e. The molecule has 0 radical (unpaired) electrons. The van der Waals surface area contributed by atoms with E-state index < -0.39 is 71.7 Å². The van der Waals surface area contributed by atoms with Gasteiger partial charge in [-0.3, -0.25) is 19.2 Å². The van der Waals surface area contributed by atoms with Crippen molar-refractivity contribution < 1.29 is 58.6 Å². The summed E-state index contributed by atoms with van der Waals surface area (Å²) < 4.78 is 19.7. The number of aliphatic hydroxyl groups excluding tert-OH is 3. The molecule has 384 valence electrons. The molecule has 4 aliphatic rings. The molecule has 2 bridgehead atoms. The normalized spacial score (nSPS) is 38.8. The van der Waals surface area contributed by atoms with Crippen molar-refractivity contribution in [2.24, 2.45) is 47.3 Å². The van der Waals surface area contributed by atoms with E-state index in [0.29, 0.717) is 56.9 Å². The average Bonchev–Trinajstić information content (AvgIpc) is 3.88. The Bertz CT molecular complexity index is 2020. The van der Waals surface area contributed by atoms with Crippen LogP contribution in [0.15, 0.2) is 53.9 Å². The van der Waals surface area contributed by atoms with Crippen molar-refractivity contribution in [1.82, 2.24) is 25.1 Å². The number of piperidine rings is 1. The first kappa shape index (κ1) is 55.7. The second kappa shape index (κ2) is 25.7. The van der Waals surface area contributed by atoms with Gasteiger partial charge in [-0.15, -0.1) is 5.10 Å². The lowest BCUT2D eigenvalue weighted by atomic mass is 9.74. The van der Waals surface area contributed by atoms with Crippen molar-refractivity contribution in [3.05, 3.63) is 53.9 Å². The summed E-state index contributed by atoms with van der Waals surface area (Å²) in [6, 6.07) is -1.25. The zero-order valence-electron chi connectivity index (χ0n) is 42.0. The minimum Gasteiger partial charge on any atom is -0.460 e. The van der Waals surface area contributed by atoms with E-state index in [-0.39, 0.29) is 86.2 Å². The van der Waals surface area contributed by atoms with Gasteiger partial charge in [-0.2, -0.15) is 0 Å². The fourth-order valence-corrected chi connectivity index (χ4v) is 10.9. The molecule has 69 heavy (non-hydrogen) atoms. The third-order valence-electron chi connectivity index (χ3n) is 15.4. The van der Waals surface area contributed by atoms with Crippen LogP contribution in [0.4, 0.5) is 0 Å². The summed E-state index contributed by atoms with van der Waals surface area (Å²) in [5.74, 6) is -8.73. The highest BCUT2D eigenvalue weighted by Gasteiger charge is 2.53. The van der Waals surface area contributed by atoms with Gasteiger partial charge in [-0.25, -0.2) is 9.48 Å². The van der Waals surface area contributed by atoms with Gasteiger partial charge in [0.25, 0.3) is 11.7 Å². The van der Waals surface area contributed by atoms with Crippen LogP contribution in [0, 0.1) is 47.3 Å². The molecule has 3 aliphatic heterocycles. The van der Waals surface area contributed by atoms with Crippen LogP contribution in [0.2, 0.25) is 0 Å². The number of fused-ring (bicyclic) bond motifs is 3. The van der Waals surface area contributed by atoms with Gasteiger partial charge in [-0.1, -0.05) is 76.6 Å². The molecule has 15 atom stereocenters. The first-order chi connectivity index (χ1) is 32.8. The predicted octanol–water partition coefficient (Wildman–Crippen LogP) is 5.23. The standard InChI is InChI=1S/C52H79N5O12/c1-31-14-10-9-11-15-32(2)39(28-58)26-41-19-17-37(7)52(66,69-41)49(63)50(64)56-21-13-12-16-43(56)51(65)68-45(34(4)24-38-18-20-42(40(25-38)29-59)57-30-53-54-55-57)27-44(60)33(3)23-36(6)47(62)48(67-8)46(61)35(5)22-31/h9-11,14-15,23,30-31,33-35,37-43,45,47-48,58-59,62,66H,12-13,16-22,24-29H2,1-8H3/b11-9+,14-10+,32-15+,36-23+/t31-,33-,34-,35+,37?,38+,39-,40+,41+,42+,43+,45+,47-,48+,52-/m1/s1. The van der Waals surface area contributed by atoms with Crippen LogP contribution in [-0.4, -0.2) is 138 Å². The second-order valence-corrected chi connectivity index (χ2v) is 20.7. The molecule has 0 spiro atoms. The lowest BCUT2D eigenvalue weighted by Crippen LogP contribution is -2.60. The van der Waals surface area contributed by atoms with Crippen LogP contribution in [0.25, 0.3) is 0 Å². The topological polar surface area (TPSA) is 241 Å². The zero-order valence-corrected chi connectivity index (χ0v) is 42.0. The number of ketones is 3. The smallest absolute Gasteiger partial charge is 0.329 e. The number of hydrogen-bond donors (Lipinski definition) is 4. The van der Waals surface area contributed by atoms with Crippen molar-refractivity contribution in [2.75, 3.05) is 26.9 Å². The Morgan fingerprint density at radius 1 is 0.913 bits per heavy atom. The quantitative estimate of drug-likeness (QED) is 0.155. The number of carbonyl (C=O) groups is 5. The minimum atomic E-state index is -2.47. The molecule has 17 nitrogen and oxygen atoms in total. The molecule has 2 saturated heterocycles. The van der Waals surface area contributed by atoms with Crippen LogP contribution >= 0.6 is 0 Å². The van der Waals surface area contributed by atoms with Gasteiger partial charge in [-0.05, 0) is 118 Å². The molecule has 1 aromatic rings. The van der Waals surface area contributed by atoms with E-state index in [0.717, 1.165) is 12.0 Å². The number of hydrogen-bond acceptors (Lipinski definition) is 15. The number of tetrazole rings is 1. The number of esters is 1. The van der Waals surface area contributed by atoms with Gasteiger partial charge in [0.1, 0.15) is 36.5 Å². The number of nitrogens with zero attached hydrogens (tertiary/aromatic N) is 5. The average molecular weight is 966 g/mol. The van der Waals surface area contributed by atoms with Gasteiger partial charge >= 0.3 is 5.97 Å². The van der Waals surface area contributed by atoms with E-state index in [9.17, 15) is 44.4 Å². The minimum absolute atomic E-state index is 0.00322. The highest BCUT2D eigenvalue weighted by molar-refractivity contribution is 6.39. The molecule has 5 rings (SSSR count). The summed E-state index contributed by atoms with van der Waals surface area (Å²) in [7, 11) is 1.37. The molecule has 1 unspecified atom stereocenters. The van der Waals surface area contributed by atoms with E-state index >= 15 is 0 Å². The number of cyclic esters (lactones) is 1. The molecular weight excluding hydrogens is 887 g/mol. The number of aliphatic hydroxyl groups is 4. The molecule has 0 aromatic carbocycles. The van der Waals surface area contributed by atoms with E-state index in [2.05, 4.69) is 15.5 Å². The number of ether oxygens (including phenoxy) is 3. The Morgan fingerprint density at radius 2 is 1.67 bits per heavy atom. The van der Waals surface area contributed by atoms with Crippen molar-refractivity contribution >= 4 is 29.2 Å². The maximum atomic E-state index is 14.5. The summed E-state index contributed by atoms with van der Waals surface area (Å²) in [6.07, 6.45) is 13.9. The SMILES string of the molecule is CO[C@H]1C(=O)[C@@H](C)C[C@H](C)/C=C/C=C/C=C(\C)[C@@H](CO)C[C@@H]2CCC(C)[C@@](O)(O2)C(=O)C(=O)N2CCCC[C@H]2C(=O)O[C@H]([C@H](C)C[C@@H]2CC[C@H](n3cnnn3)[C@H](CO)C2)CC(=O)[C@H](C)/C=C(\C)[C@H]1O. The largest absolute Gasteiger partial charge is 0.460 e. The monoisotopic (exact) mass is 966 g/mol. The molecule has 1 aromatic heterocycles. The van der Waals surface area contributed by atoms with Crippen molar-refractivity contribution in [2.45, 2.75) is 168 Å². The van der Waals surface area contributed by atoms with Crippen LogP contribution < -0.4 is 0 Å². The third-order valence-corrected chi connectivity index (χ3v) is 15.4. The van der Waals surface area contributed by atoms with Crippen LogP contribution in [-0.2, 0) is 38.2 Å². The first-order valence-corrected chi connectivity index (χ1v) is 25.2. The molecule has 1 saturated carbocycles. The molecule has 17 heteroatoms. The Balaban J connectivity index is 1.46. The van der Waals surface area contributed by atoms with Crippen LogP contribution in [0.5, 0.6) is 0 Å². The summed E-state index contributed by atoms with van der Waals surface area (Å²) in [4.78, 5) is 72.2. The second-order valence-electron chi connectivity index (χ2n) is 20.7. The fraction of sp³-hybridized carbons (Fsp3) is 0.731. The Kier molecular flexibility index (Phi) is 20.8. The van der Waals surface area contributed by atoms with Crippen LogP contribution in [0.1, 0.15) is 132 Å². The Hall–Kier alpha value is -4.26. The van der Waals surface area contributed by atoms with Crippen molar-refractivity contribution in [1.29, 1.82) is 0 Å². The molecular formula is C52H79N5O12. The molecule has 3 fully saturated rings. The lowest BCUT2D eigenvalue weighted by Gasteiger charge is -2.43. The van der Waals surface area contributed by atoms with Crippen LogP contribution in [0.3, 0.4) is 0 Å². The van der Waals surface area contributed by atoms with Gasteiger partial charge in [0.15, 0.2) is 5.78 Å². The number of allylic oxidation sites excluding steroid dienone is 6. The van der Waals surface area contributed by atoms with Gasteiger partial charge in [0, 0.05) is 62.9 Å². The summed E-state index contributed by atoms with van der Waals surface area (Å²) in [5.41, 5.74) is 1.22. The number of Topliss-reactive ketones (excluding diaryl/α,β-unsaturated/α-hetero) is 3. The van der Waals surface area contributed by atoms with Crippen molar-refractivity contribution in [3.63, 3.8) is 0 Å². The van der Waals surface area contributed by atoms with Crippen molar-refractivity contribution in [3.8, 4) is 0 Å². The number of amides is 1. The highest BCUT2D eigenvalue weighted by atomic mass is 16.6. The zero-order chi connectivity index (χ0) is 50.6. The summed E-state index contributed by atoms with van der Waals surface area (Å²) in [6.45, 7) is 12.3. The lowest BCUT2D eigenvalue weighted by molar-refractivity contribution is -0.265. The number of carbonyl (C=O) groups excluding carboxylic acids is 5. The predicted molar refractivity (Wildman–Crippen MR) is 256 cm³/mol. The maximum absolute atomic E-state index is 14.5. The molecule has 4 heterocycles. The van der Waals surface area contributed by atoms with Gasteiger partial charge in [0.2, 0.25) is 5.79 Å². The number of rotatable bonds is 7. The summed E-state index contributed by atoms with van der Waals surface area (Å²) >= 11 is 0. The molecule has 1 amide bonds. The van der Waals surface area contributed by atoms with Gasteiger partial charge in [0.05, 0.1) is 12.1 Å². The number of aromatic nitrogens is 4.